The maximum atomic E-state index is 11.7. The molecule has 0 saturated carbocycles. The predicted octanol–water partition coefficient (Wildman–Crippen LogP) is 3.01. The summed E-state index contributed by atoms with van der Waals surface area (Å²) >= 11 is 0. The zero-order valence-corrected chi connectivity index (χ0v) is 11.3. The van der Waals surface area contributed by atoms with Gasteiger partial charge >= 0.3 is 5.97 Å². The Balaban J connectivity index is 2.68. The molecule has 0 N–H and O–H groups in total. The van der Waals surface area contributed by atoms with Crippen LogP contribution in [0.25, 0.3) is 0 Å². The average Bonchev–Trinajstić information content (AvgIpc) is 2.39. The van der Waals surface area contributed by atoms with Crippen molar-refractivity contribution in [1.82, 2.24) is 0 Å². The van der Waals surface area contributed by atoms with Crippen molar-refractivity contribution in [2.75, 3.05) is 7.11 Å². The Bertz CT molecular complexity index is 438. The van der Waals surface area contributed by atoms with Crippen LogP contribution in [0.5, 0.6) is 5.75 Å². The smallest absolute Gasteiger partial charge is 0.340 e. The second-order valence-corrected chi connectivity index (χ2v) is 4.59. The molecule has 0 atom stereocenters. The minimum atomic E-state index is -0.516. The van der Waals surface area contributed by atoms with Gasteiger partial charge in [0.05, 0.1) is 18.7 Å². The zero-order chi connectivity index (χ0) is 13.6. The van der Waals surface area contributed by atoms with Crippen molar-refractivity contribution in [3.05, 3.63) is 29.8 Å². The van der Waals surface area contributed by atoms with Crippen LogP contribution in [0, 0.1) is 5.41 Å². The van der Waals surface area contributed by atoms with Gasteiger partial charge in [0, 0.05) is 5.56 Å². The molecule has 0 heterocycles. The summed E-state index contributed by atoms with van der Waals surface area (Å²) in [5.74, 6) is 0.350. The summed E-state index contributed by atoms with van der Waals surface area (Å²) in [5.41, 5.74) is 0.250. The topological polar surface area (TPSA) is 47.9 Å². The molecule has 0 spiro atoms. The Hall–Kier alpha value is -1.84. The van der Waals surface area contributed by atoms with Crippen molar-refractivity contribution in [3.63, 3.8) is 0 Å². The summed E-state index contributed by atoms with van der Waals surface area (Å²) in [6.07, 6.45) is 2.18. The summed E-state index contributed by atoms with van der Waals surface area (Å²) in [6.45, 7) is 5.59. The summed E-state index contributed by atoms with van der Waals surface area (Å²) in [6, 6.07) is 7.38. The third-order valence-corrected chi connectivity index (χ3v) is 2.90. The molecule has 0 unspecified atom stereocenters. The molecule has 1 aromatic rings. The number of oxime groups is 1. The van der Waals surface area contributed by atoms with Crippen molar-refractivity contribution in [2.45, 2.75) is 27.2 Å². The first kappa shape index (κ1) is 14.2. The van der Waals surface area contributed by atoms with E-state index >= 15 is 0 Å². The molecule has 18 heavy (non-hydrogen) atoms. The van der Waals surface area contributed by atoms with Crippen molar-refractivity contribution in [3.8, 4) is 5.75 Å². The normalized spacial score (nSPS) is 11.6. The standard InChI is InChI=1S/C14H19NO3/c1-5-14(2,3)13(16)18-15-10-11-8-6-7-9-12(11)17-4/h6-10H,5H2,1-4H3/b15-10+. The van der Waals surface area contributed by atoms with E-state index in [1.807, 2.05) is 45.0 Å². The Morgan fingerprint density at radius 2 is 2.06 bits per heavy atom. The number of para-hydroxylation sites is 1. The quantitative estimate of drug-likeness (QED) is 0.458. The van der Waals surface area contributed by atoms with Crippen LogP contribution in [0.3, 0.4) is 0 Å². The molecule has 0 aliphatic carbocycles. The van der Waals surface area contributed by atoms with Gasteiger partial charge in [0.2, 0.25) is 0 Å². The Morgan fingerprint density at radius 1 is 1.39 bits per heavy atom. The highest BCUT2D eigenvalue weighted by molar-refractivity contribution is 5.84. The first-order chi connectivity index (χ1) is 8.51. The Morgan fingerprint density at radius 3 is 2.67 bits per heavy atom. The van der Waals surface area contributed by atoms with E-state index in [1.54, 1.807) is 7.11 Å². The highest BCUT2D eigenvalue weighted by atomic mass is 16.7. The molecular weight excluding hydrogens is 230 g/mol. The zero-order valence-electron chi connectivity index (χ0n) is 11.3. The molecule has 1 rings (SSSR count). The molecule has 0 amide bonds. The Kier molecular flexibility index (Phi) is 4.89. The Labute approximate surface area is 108 Å². The minimum Gasteiger partial charge on any atom is -0.496 e. The lowest BCUT2D eigenvalue weighted by Gasteiger charge is -2.17. The molecule has 0 fully saturated rings. The molecule has 0 aliphatic rings. The molecule has 98 valence electrons. The van der Waals surface area contributed by atoms with E-state index in [0.29, 0.717) is 12.2 Å². The van der Waals surface area contributed by atoms with Crippen LogP contribution in [-0.2, 0) is 9.63 Å². The van der Waals surface area contributed by atoms with Crippen LogP contribution < -0.4 is 4.74 Å². The van der Waals surface area contributed by atoms with E-state index < -0.39 is 5.41 Å². The van der Waals surface area contributed by atoms with Gasteiger partial charge in [-0.25, -0.2) is 4.79 Å². The van der Waals surface area contributed by atoms with Gasteiger partial charge in [-0.2, -0.15) is 0 Å². The number of nitrogens with zero attached hydrogens (tertiary/aromatic N) is 1. The van der Waals surface area contributed by atoms with Gasteiger partial charge in [-0.15, -0.1) is 0 Å². The van der Waals surface area contributed by atoms with E-state index in [2.05, 4.69) is 5.16 Å². The van der Waals surface area contributed by atoms with Gasteiger partial charge < -0.3 is 9.57 Å². The summed E-state index contributed by atoms with van der Waals surface area (Å²) in [4.78, 5) is 16.5. The number of rotatable bonds is 5. The van der Waals surface area contributed by atoms with Crippen LogP contribution in [-0.4, -0.2) is 19.3 Å². The third-order valence-electron chi connectivity index (χ3n) is 2.90. The van der Waals surface area contributed by atoms with Gasteiger partial charge in [-0.1, -0.05) is 24.2 Å². The molecule has 4 nitrogen and oxygen atoms in total. The van der Waals surface area contributed by atoms with Crippen molar-refractivity contribution in [2.24, 2.45) is 10.6 Å². The minimum absolute atomic E-state index is 0.337. The average molecular weight is 249 g/mol. The molecule has 0 saturated heterocycles. The molecule has 0 aromatic heterocycles. The maximum absolute atomic E-state index is 11.7. The van der Waals surface area contributed by atoms with Crippen molar-refractivity contribution >= 4 is 12.2 Å². The second kappa shape index (κ2) is 6.19. The third kappa shape index (κ3) is 3.58. The van der Waals surface area contributed by atoms with Crippen LogP contribution >= 0.6 is 0 Å². The van der Waals surface area contributed by atoms with Crippen LogP contribution in [0.2, 0.25) is 0 Å². The summed E-state index contributed by atoms with van der Waals surface area (Å²) in [5, 5.41) is 3.71. The van der Waals surface area contributed by atoms with E-state index in [1.165, 1.54) is 6.21 Å². The summed E-state index contributed by atoms with van der Waals surface area (Å²) in [7, 11) is 1.58. The van der Waals surface area contributed by atoms with Gasteiger partial charge in [0.25, 0.3) is 0 Å². The maximum Gasteiger partial charge on any atom is 0.340 e. The van der Waals surface area contributed by atoms with E-state index in [4.69, 9.17) is 9.57 Å². The molecule has 0 aliphatic heterocycles. The highest BCUT2D eigenvalue weighted by Crippen LogP contribution is 2.21. The molecule has 4 heteroatoms. The van der Waals surface area contributed by atoms with Gasteiger partial charge in [0.1, 0.15) is 5.75 Å². The fourth-order valence-electron chi connectivity index (χ4n) is 1.17. The van der Waals surface area contributed by atoms with Crippen LogP contribution in [0.1, 0.15) is 32.8 Å². The number of carbonyl (C=O) groups is 1. The number of carbonyl (C=O) groups excluding carboxylic acids is 1. The fraction of sp³-hybridized carbons (Fsp3) is 0.429. The van der Waals surface area contributed by atoms with Crippen molar-refractivity contribution in [1.29, 1.82) is 0 Å². The lowest BCUT2D eigenvalue weighted by molar-refractivity contribution is -0.154. The molecule has 1 aromatic carbocycles. The number of hydrogen-bond donors (Lipinski definition) is 0. The highest BCUT2D eigenvalue weighted by Gasteiger charge is 2.27. The first-order valence-corrected chi connectivity index (χ1v) is 5.89. The number of methoxy groups -OCH3 is 1. The van der Waals surface area contributed by atoms with Gasteiger partial charge in [0.15, 0.2) is 0 Å². The van der Waals surface area contributed by atoms with Gasteiger partial charge in [-0.3, -0.25) is 0 Å². The lowest BCUT2D eigenvalue weighted by atomic mass is 9.91. The first-order valence-electron chi connectivity index (χ1n) is 5.89. The van der Waals surface area contributed by atoms with Crippen molar-refractivity contribution < 1.29 is 14.4 Å². The predicted molar refractivity (Wildman–Crippen MR) is 70.8 cm³/mol. The largest absolute Gasteiger partial charge is 0.496 e. The van der Waals surface area contributed by atoms with Crippen LogP contribution in [0.4, 0.5) is 0 Å². The SMILES string of the molecule is CCC(C)(C)C(=O)O/N=C/c1ccccc1OC. The number of ether oxygens (including phenoxy) is 1. The molecular formula is C14H19NO3. The second-order valence-electron chi connectivity index (χ2n) is 4.59. The van der Waals surface area contributed by atoms with E-state index in [0.717, 1.165) is 5.56 Å². The number of hydrogen-bond acceptors (Lipinski definition) is 4. The number of benzene rings is 1. The lowest BCUT2D eigenvalue weighted by Crippen LogP contribution is -2.24. The van der Waals surface area contributed by atoms with E-state index in [-0.39, 0.29) is 5.97 Å². The van der Waals surface area contributed by atoms with Crippen LogP contribution in [0.15, 0.2) is 29.4 Å². The monoisotopic (exact) mass is 249 g/mol. The molecule has 0 radical (unpaired) electrons. The summed E-state index contributed by atoms with van der Waals surface area (Å²) < 4.78 is 5.16. The fourth-order valence-corrected chi connectivity index (χ4v) is 1.17. The van der Waals surface area contributed by atoms with Gasteiger partial charge in [-0.05, 0) is 32.4 Å². The van der Waals surface area contributed by atoms with E-state index in [9.17, 15) is 4.79 Å². The molecule has 0 bridgehead atoms.